The van der Waals surface area contributed by atoms with Crippen molar-refractivity contribution in [3.8, 4) is 0 Å². The van der Waals surface area contributed by atoms with Gasteiger partial charge >= 0.3 is 0 Å². The third-order valence-corrected chi connectivity index (χ3v) is 7.70. The first kappa shape index (κ1) is 21.0. The predicted octanol–water partition coefficient (Wildman–Crippen LogP) is 3.17. The van der Waals surface area contributed by atoms with E-state index >= 15 is 0 Å². The molecule has 0 heterocycles. The molecule has 1 saturated carbocycles. The maximum Gasteiger partial charge on any atom is 0.247 e. The van der Waals surface area contributed by atoms with Gasteiger partial charge in [0.05, 0.1) is 23.1 Å². The van der Waals surface area contributed by atoms with Gasteiger partial charge in [0.25, 0.3) is 0 Å². The van der Waals surface area contributed by atoms with Gasteiger partial charge in [-0.15, -0.1) is 0 Å². The molecule has 0 unspecified atom stereocenters. The van der Waals surface area contributed by atoms with Crippen molar-refractivity contribution < 1.29 is 13.2 Å². The van der Waals surface area contributed by atoms with Crippen LogP contribution in [0.3, 0.4) is 0 Å². The molecule has 1 atom stereocenters. The van der Waals surface area contributed by atoms with Crippen LogP contribution in [0.15, 0.2) is 48.5 Å². The van der Waals surface area contributed by atoms with Gasteiger partial charge in [0.15, 0.2) is 4.75 Å². The lowest BCUT2D eigenvalue weighted by molar-refractivity contribution is -0.125. The summed E-state index contributed by atoms with van der Waals surface area (Å²) in [5.41, 5.74) is 13.4. The molecular formula is C21H28N4O3S. The molecule has 0 aliphatic heterocycles. The number of nitrogen functional groups attached to an aromatic ring is 2. The molecule has 2 aromatic rings. The molecule has 0 aromatic heterocycles. The van der Waals surface area contributed by atoms with Crippen molar-refractivity contribution in [2.24, 2.45) is 0 Å². The van der Waals surface area contributed by atoms with Crippen LogP contribution in [0, 0.1) is 0 Å². The van der Waals surface area contributed by atoms with E-state index in [1.54, 1.807) is 6.07 Å². The molecular weight excluding hydrogens is 388 g/mol. The number of nitrogens with two attached hydrogens (primary N) is 2. The quantitative estimate of drug-likeness (QED) is 0.538. The first-order valence-electron chi connectivity index (χ1n) is 9.78. The highest BCUT2D eigenvalue weighted by Gasteiger charge is 2.51. The van der Waals surface area contributed by atoms with Crippen LogP contribution in [0.5, 0.6) is 0 Å². The van der Waals surface area contributed by atoms with Gasteiger partial charge in [-0.1, -0.05) is 49.6 Å². The van der Waals surface area contributed by atoms with Gasteiger partial charge in [0, 0.05) is 0 Å². The van der Waals surface area contributed by atoms with Crippen molar-refractivity contribution in [2.75, 3.05) is 16.2 Å². The van der Waals surface area contributed by atoms with E-state index in [-0.39, 0.29) is 24.6 Å². The number of anilines is 3. The number of carbonyl (C=O) groups is 1. The van der Waals surface area contributed by atoms with E-state index in [4.69, 9.17) is 11.5 Å². The lowest BCUT2D eigenvalue weighted by Crippen LogP contribution is -2.56. The molecule has 1 amide bonds. The first-order valence-corrected chi connectivity index (χ1v) is 11.3. The van der Waals surface area contributed by atoms with E-state index in [1.165, 1.54) is 12.1 Å². The van der Waals surface area contributed by atoms with Gasteiger partial charge in [0.2, 0.25) is 15.9 Å². The Morgan fingerprint density at radius 3 is 2.28 bits per heavy atom. The Labute approximate surface area is 171 Å². The van der Waals surface area contributed by atoms with E-state index in [9.17, 15) is 13.2 Å². The van der Waals surface area contributed by atoms with Gasteiger partial charge in [-0.05, 0) is 43.5 Å². The smallest absolute Gasteiger partial charge is 0.247 e. The van der Waals surface area contributed by atoms with Crippen molar-refractivity contribution in [3.05, 3.63) is 54.1 Å². The minimum Gasteiger partial charge on any atom is -0.397 e. The monoisotopic (exact) mass is 416 g/mol. The summed E-state index contributed by atoms with van der Waals surface area (Å²) in [6.45, 7) is 1.85. The van der Waals surface area contributed by atoms with Crippen LogP contribution in [0.4, 0.5) is 17.1 Å². The topological polar surface area (TPSA) is 127 Å². The normalized spacial score (nSPS) is 17.3. The van der Waals surface area contributed by atoms with Gasteiger partial charge in [-0.3, -0.25) is 9.52 Å². The van der Waals surface area contributed by atoms with Crippen LogP contribution in [0.25, 0.3) is 0 Å². The maximum absolute atomic E-state index is 13.4. The number of benzene rings is 2. The Balaban J connectivity index is 1.88. The highest BCUT2D eigenvalue weighted by atomic mass is 32.2. The number of hydrogen-bond acceptors (Lipinski definition) is 5. The Kier molecular flexibility index (Phi) is 6.02. The standard InChI is InChI=1S/C21H28N4O3S/c1-15(16-8-4-2-5-9-16)24-20(26)21(12-6-3-7-13-21)29(27,28)25-17-10-11-18(22)19(23)14-17/h2,4-5,8-11,14-15,25H,3,6-7,12-13,22-23H2,1H3,(H,24,26)/t15-/m1/s1. The number of carbonyl (C=O) groups excluding carboxylic acids is 1. The largest absolute Gasteiger partial charge is 0.397 e. The number of amides is 1. The Morgan fingerprint density at radius 2 is 1.66 bits per heavy atom. The summed E-state index contributed by atoms with van der Waals surface area (Å²) in [5.74, 6) is -0.468. The van der Waals surface area contributed by atoms with Crippen LogP contribution < -0.4 is 21.5 Å². The molecule has 6 N–H and O–H groups in total. The Morgan fingerprint density at radius 1 is 1.00 bits per heavy atom. The highest BCUT2D eigenvalue weighted by molar-refractivity contribution is 7.94. The summed E-state index contributed by atoms with van der Waals surface area (Å²) in [6, 6.07) is 13.7. The van der Waals surface area contributed by atoms with Crippen LogP contribution >= 0.6 is 0 Å². The zero-order chi connectivity index (χ0) is 21.1. The fraction of sp³-hybridized carbons (Fsp3) is 0.381. The van der Waals surface area contributed by atoms with E-state index in [0.717, 1.165) is 12.0 Å². The summed E-state index contributed by atoms with van der Waals surface area (Å²) in [6.07, 6.45) is 2.82. The molecule has 0 spiro atoms. The molecule has 3 rings (SSSR count). The van der Waals surface area contributed by atoms with Crippen molar-refractivity contribution in [2.45, 2.75) is 49.8 Å². The van der Waals surface area contributed by atoms with E-state index < -0.39 is 20.7 Å². The van der Waals surface area contributed by atoms with Crippen LogP contribution in [-0.4, -0.2) is 19.1 Å². The second-order valence-corrected chi connectivity index (χ2v) is 9.60. The molecule has 29 heavy (non-hydrogen) atoms. The summed E-state index contributed by atoms with van der Waals surface area (Å²) < 4.78 is 27.8. The average Bonchev–Trinajstić information content (AvgIpc) is 2.71. The number of sulfonamides is 1. The van der Waals surface area contributed by atoms with Gasteiger partial charge < -0.3 is 16.8 Å². The maximum atomic E-state index is 13.4. The molecule has 156 valence electrons. The molecule has 1 aliphatic carbocycles. The molecule has 7 nitrogen and oxygen atoms in total. The third-order valence-electron chi connectivity index (χ3n) is 5.58. The fourth-order valence-corrected chi connectivity index (χ4v) is 5.55. The second-order valence-electron chi connectivity index (χ2n) is 7.61. The summed E-state index contributed by atoms with van der Waals surface area (Å²) in [7, 11) is -4.01. The summed E-state index contributed by atoms with van der Waals surface area (Å²) in [5, 5.41) is 2.92. The van der Waals surface area contributed by atoms with E-state index in [2.05, 4.69) is 10.0 Å². The first-order chi connectivity index (χ1) is 13.7. The second kappa shape index (κ2) is 8.32. The van der Waals surface area contributed by atoms with Crippen LogP contribution in [-0.2, 0) is 14.8 Å². The Hall–Kier alpha value is -2.74. The zero-order valence-corrected chi connectivity index (χ0v) is 17.3. The molecule has 1 aliphatic rings. The van der Waals surface area contributed by atoms with Crippen molar-refractivity contribution in [1.82, 2.24) is 5.32 Å². The van der Waals surface area contributed by atoms with Crippen molar-refractivity contribution in [3.63, 3.8) is 0 Å². The van der Waals surface area contributed by atoms with Crippen LogP contribution in [0.2, 0.25) is 0 Å². The van der Waals surface area contributed by atoms with Crippen molar-refractivity contribution in [1.29, 1.82) is 0 Å². The number of rotatable bonds is 6. The minimum atomic E-state index is -4.01. The third kappa shape index (κ3) is 4.32. The number of nitrogens with one attached hydrogen (secondary N) is 2. The van der Waals surface area contributed by atoms with E-state index in [0.29, 0.717) is 24.2 Å². The molecule has 0 radical (unpaired) electrons. The SMILES string of the molecule is C[C@@H](NC(=O)C1(S(=O)(=O)Nc2ccc(N)c(N)c2)CCCCC1)c1ccccc1. The summed E-state index contributed by atoms with van der Waals surface area (Å²) in [4.78, 5) is 13.3. The molecule has 0 bridgehead atoms. The Bertz CT molecular complexity index is 971. The lowest BCUT2D eigenvalue weighted by Gasteiger charge is -2.36. The van der Waals surface area contributed by atoms with Gasteiger partial charge in [-0.2, -0.15) is 0 Å². The molecule has 0 saturated heterocycles. The average molecular weight is 417 g/mol. The zero-order valence-electron chi connectivity index (χ0n) is 16.5. The molecule has 2 aromatic carbocycles. The van der Waals surface area contributed by atoms with Crippen LogP contribution in [0.1, 0.15) is 50.6 Å². The lowest BCUT2D eigenvalue weighted by atomic mass is 9.87. The van der Waals surface area contributed by atoms with Crippen molar-refractivity contribution >= 4 is 33.0 Å². The molecule has 1 fully saturated rings. The molecule has 8 heteroatoms. The van der Waals surface area contributed by atoms with Gasteiger partial charge in [0.1, 0.15) is 0 Å². The minimum absolute atomic E-state index is 0.278. The van der Waals surface area contributed by atoms with Gasteiger partial charge in [-0.25, -0.2) is 8.42 Å². The predicted molar refractivity (Wildman–Crippen MR) is 117 cm³/mol. The highest BCUT2D eigenvalue weighted by Crippen LogP contribution is 2.37. The summed E-state index contributed by atoms with van der Waals surface area (Å²) >= 11 is 0. The van der Waals surface area contributed by atoms with E-state index in [1.807, 2.05) is 37.3 Å². The fourth-order valence-electron chi connectivity index (χ4n) is 3.79. The number of hydrogen-bond donors (Lipinski definition) is 4.